The average molecular weight is 261 g/mol. The van der Waals surface area contributed by atoms with Crippen LogP contribution in [0.4, 0.5) is 0 Å². The molecule has 0 bridgehead atoms. The van der Waals surface area contributed by atoms with E-state index in [-0.39, 0.29) is 0 Å². The first-order chi connectivity index (χ1) is 9.02. The van der Waals surface area contributed by atoms with Gasteiger partial charge in [-0.1, -0.05) is 30.3 Å². The molecule has 100 valence electrons. The van der Waals surface area contributed by atoms with Crippen LogP contribution in [0.5, 0.6) is 0 Å². The Labute approximate surface area is 110 Å². The second-order valence-electron chi connectivity index (χ2n) is 4.33. The van der Waals surface area contributed by atoms with Crippen LogP contribution in [0.1, 0.15) is 18.8 Å². The fraction of sp³-hybridized carbons (Fsp3) is 0.308. The highest BCUT2D eigenvalue weighted by Crippen LogP contribution is 2.24. The summed E-state index contributed by atoms with van der Waals surface area (Å²) in [5.74, 6) is -0.228. The van der Waals surface area contributed by atoms with Crippen molar-refractivity contribution in [1.82, 2.24) is 14.8 Å². The van der Waals surface area contributed by atoms with E-state index in [1.165, 1.54) is 11.5 Å². The standard InChI is InChI=1S/C13H15N3O3/c1-8(17)11(13(18)19)16-9(2)14-15-12(16)10-6-4-3-5-7-10/h3-8,11,17H,1-2H3,(H,18,19). The molecular formula is C13H15N3O3. The van der Waals surface area contributed by atoms with Gasteiger partial charge in [-0.25, -0.2) is 4.79 Å². The number of carboxylic acids is 1. The average Bonchev–Trinajstić information content (AvgIpc) is 2.72. The molecule has 1 heterocycles. The van der Waals surface area contributed by atoms with Crippen molar-refractivity contribution in [3.63, 3.8) is 0 Å². The number of aryl methyl sites for hydroxylation is 1. The summed E-state index contributed by atoms with van der Waals surface area (Å²) >= 11 is 0. The van der Waals surface area contributed by atoms with Crippen molar-refractivity contribution >= 4 is 5.97 Å². The fourth-order valence-electron chi connectivity index (χ4n) is 2.02. The zero-order valence-corrected chi connectivity index (χ0v) is 10.7. The van der Waals surface area contributed by atoms with Gasteiger partial charge in [0.1, 0.15) is 5.82 Å². The van der Waals surface area contributed by atoms with E-state index in [4.69, 9.17) is 0 Å². The first-order valence-corrected chi connectivity index (χ1v) is 5.90. The van der Waals surface area contributed by atoms with Crippen molar-refractivity contribution < 1.29 is 15.0 Å². The van der Waals surface area contributed by atoms with Crippen LogP contribution >= 0.6 is 0 Å². The van der Waals surface area contributed by atoms with Gasteiger partial charge < -0.3 is 10.2 Å². The Hall–Kier alpha value is -2.21. The van der Waals surface area contributed by atoms with Crippen molar-refractivity contribution in [2.45, 2.75) is 26.0 Å². The van der Waals surface area contributed by atoms with E-state index in [9.17, 15) is 15.0 Å². The Morgan fingerprint density at radius 3 is 2.42 bits per heavy atom. The summed E-state index contributed by atoms with van der Waals surface area (Å²) < 4.78 is 1.45. The van der Waals surface area contributed by atoms with Gasteiger partial charge in [0.15, 0.2) is 11.9 Å². The molecule has 1 aromatic carbocycles. The van der Waals surface area contributed by atoms with Crippen LogP contribution in [0.2, 0.25) is 0 Å². The van der Waals surface area contributed by atoms with E-state index in [2.05, 4.69) is 10.2 Å². The predicted octanol–water partition coefficient (Wildman–Crippen LogP) is 1.26. The minimum Gasteiger partial charge on any atom is -0.480 e. The summed E-state index contributed by atoms with van der Waals surface area (Å²) in [5, 5.41) is 26.9. The zero-order chi connectivity index (χ0) is 14.0. The molecule has 0 aliphatic heterocycles. The van der Waals surface area contributed by atoms with E-state index >= 15 is 0 Å². The Kier molecular flexibility index (Phi) is 3.62. The van der Waals surface area contributed by atoms with Crippen LogP contribution in [-0.4, -0.2) is 37.1 Å². The first kappa shape index (κ1) is 13.2. The topological polar surface area (TPSA) is 88.2 Å². The highest BCUT2D eigenvalue weighted by Gasteiger charge is 2.29. The molecule has 2 rings (SSSR count). The second kappa shape index (κ2) is 5.19. The van der Waals surface area contributed by atoms with Crippen molar-refractivity contribution in [3.8, 4) is 11.4 Å². The fourth-order valence-corrected chi connectivity index (χ4v) is 2.02. The van der Waals surface area contributed by atoms with Gasteiger partial charge in [-0.2, -0.15) is 0 Å². The third kappa shape index (κ3) is 2.48. The zero-order valence-electron chi connectivity index (χ0n) is 10.7. The maximum absolute atomic E-state index is 11.3. The summed E-state index contributed by atoms with van der Waals surface area (Å²) in [6.07, 6.45) is -1.05. The predicted molar refractivity (Wildman–Crippen MR) is 68.5 cm³/mol. The Morgan fingerprint density at radius 2 is 1.89 bits per heavy atom. The van der Waals surface area contributed by atoms with E-state index in [0.29, 0.717) is 11.6 Å². The van der Waals surface area contributed by atoms with Crippen molar-refractivity contribution in [3.05, 3.63) is 36.2 Å². The largest absolute Gasteiger partial charge is 0.480 e. The SMILES string of the molecule is Cc1nnc(-c2ccccc2)n1C(C(=O)O)C(C)O. The molecule has 2 unspecified atom stereocenters. The maximum Gasteiger partial charge on any atom is 0.329 e. The number of carboxylic acid groups (broad SMARTS) is 1. The molecule has 1 aromatic heterocycles. The second-order valence-corrected chi connectivity index (χ2v) is 4.33. The van der Waals surface area contributed by atoms with Crippen LogP contribution in [0.15, 0.2) is 30.3 Å². The Bertz CT molecular complexity index is 578. The number of aliphatic hydroxyl groups excluding tert-OH is 1. The maximum atomic E-state index is 11.3. The molecule has 0 saturated carbocycles. The van der Waals surface area contributed by atoms with Crippen LogP contribution in [0.3, 0.4) is 0 Å². The lowest BCUT2D eigenvalue weighted by atomic mass is 10.1. The number of rotatable bonds is 4. The minimum atomic E-state index is -1.12. The molecule has 19 heavy (non-hydrogen) atoms. The molecule has 0 saturated heterocycles. The third-order valence-corrected chi connectivity index (χ3v) is 2.89. The van der Waals surface area contributed by atoms with Gasteiger partial charge in [0.25, 0.3) is 0 Å². The molecule has 2 aromatic rings. The molecule has 0 spiro atoms. The normalized spacial score (nSPS) is 14.1. The molecule has 2 N–H and O–H groups in total. The highest BCUT2D eigenvalue weighted by atomic mass is 16.4. The van der Waals surface area contributed by atoms with E-state index in [1.807, 2.05) is 30.3 Å². The Morgan fingerprint density at radius 1 is 1.26 bits per heavy atom. The quantitative estimate of drug-likeness (QED) is 0.865. The van der Waals surface area contributed by atoms with Gasteiger partial charge in [0, 0.05) is 5.56 Å². The number of hydrogen-bond acceptors (Lipinski definition) is 4. The summed E-state index contributed by atoms with van der Waals surface area (Å²) in [4.78, 5) is 11.3. The molecule has 0 aliphatic rings. The summed E-state index contributed by atoms with van der Waals surface area (Å²) in [6.45, 7) is 3.10. The number of aliphatic hydroxyl groups is 1. The lowest BCUT2D eigenvalue weighted by Crippen LogP contribution is -2.30. The van der Waals surface area contributed by atoms with Crippen LogP contribution < -0.4 is 0 Å². The molecule has 0 fully saturated rings. The number of carbonyl (C=O) groups is 1. The van der Waals surface area contributed by atoms with Crippen molar-refractivity contribution in [2.75, 3.05) is 0 Å². The molecule has 6 heteroatoms. The van der Waals surface area contributed by atoms with Gasteiger partial charge in [-0.15, -0.1) is 10.2 Å². The number of aliphatic carboxylic acids is 1. The highest BCUT2D eigenvalue weighted by molar-refractivity contribution is 5.74. The summed E-state index contributed by atoms with van der Waals surface area (Å²) in [7, 11) is 0. The minimum absolute atomic E-state index is 0.436. The number of benzene rings is 1. The van der Waals surface area contributed by atoms with Gasteiger partial charge in [-0.05, 0) is 13.8 Å². The smallest absolute Gasteiger partial charge is 0.329 e. The molecule has 6 nitrogen and oxygen atoms in total. The van der Waals surface area contributed by atoms with Gasteiger partial charge in [0.05, 0.1) is 6.10 Å². The molecular weight excluding hydrogens is 246 g/mol. The molecule has 0 amide bonds. The summed E-state index contributed by atoms with van der Waals surface area (Å²) in [6, 6.07) is 8.07. The molecule has 0 radical (unpaired) electrons. The lowest BCUT2D eigenvalue weighted by molar-refractivity contribution is -0.144. The van der Waals surface area contributed by atoms with E-state index in [1.54, 1.807) is 6.92 Å². The van der Waals surface area contributed by atoms with Gasteiger partial charge >= 0.3 is 5.97 Å². The Balaban J connectivity index is 2.57. The number of hydrogen-bond donors (Lipinski definition) is 2. The number of nitrogens with zero attached hydrogens (tertiary/aromatic N) is 3. The van der Waals surface area contributed by atoms with Crippen molar-refractivity contribution in [1.29, 1.82) is 0 Å². The van der Waals surface area contributed by atoms with E-state index in [0.717, 1.165) is 5.56 Å². The monoisotopic (exact) mass is 261 g/mol. The van der Waals surface area contributed by atoms with Gasteiger partial charge in [0.2, 0.25) is 0 Å². The van der Waals surface area contributed by atoms with Crippen LogP contribution in [0.25, 0.3) is 11.4 Å². The third-order valence-electron chi connectivity index (χ3n) is 2.89. The van der Waals surface area contributed by atoms with Crippen molar-refractivity contribution in [2.24, 2.45) is 0 Å². The van der Waals surface area contributed by atoms with Gasteiger partial charge in [-0.3, -0.25) is 4.57 Å². The number of aromatic nitrogens is 3. The van der Waals surface area contributed by atoms with Crippen LogP contribution in [0, 0.1) is 6.92 Å². The molecule has 2 atom stereocenters. The van der Waals surface area contributed by atoms with E-state index < -0.39 is 18.1 Å². The van der Waals surface area contributed by atoms with Crippen LogP contribution in [-0.2, 0) is 4.79 Å². The lowest BCUT2D eigenvalue weighted by Gasteiger charge is -2.20. The first-order valence-electron chi connectivity index (χ1n) is 5.90. The summed E-state index contributed by atoms with van der Waals surface area (Å²) in [5.41, 5.74) is 0.759. The molecule has 0 aliphatic carbocycles.